The van der Waals surface area contributed by atoms with Crippen molar-refractivity contribution < 1.29 is 27.5 Å². The summed E-state index contributed by atoms with van der Waals surface area (Å²) in [7, 11) is 0. The van der Waals surface area contributed by atoms with Crippen LogP contribution in [-0.4, -0.2) is 24.4 Å². The van der Waals surface area contributed by atoms with E-state index in [0.717, 1.165) is 23.3 Å². The van der Waals surface area contributed by atoms with E-state index < -0.39 is 23.9 Å². The lowest BCUT2D eigenvalue weighted by Crippen LogP contribution is -2.21. The number of halogens is 3. The van der Waals surface area contributed by atoms with E-state index in [4.69, 9.17) is 0 Å². The first-order valence-corrected chi connectivity index (χ1v) is 9.37. The second-order valence-electron chi connectivity index (χ2n) is 6.69. The number of anilines is 1. The van der Waals surface area contributed by atoms with Crippen LogP contribution in [0, 0.1) is 6.92 Å². The number of carbonyl (C=O) groups excluding carboxylic acids is 2. The number of rotatable bonds is 6. The molecule has 6 nitrogen and oxygen atoms in total. The van der Waals surface area contributed by atoms with Gasteiger partial charge >= 0.3 is 6.36 Å². The van der Waals surface area contributed by atoms with E-state index in [1.54, 1.807) is 12.1 Å². The molecule has 0 saturated carbocycles. The summed E-state index contributed by atoms with van der Waals surface area (Å²) in [6.45, 7) is 1.95. The van der Waals surface area contributed by atoms with Crippen molar-refractivity contribution in [3.63, 3.8) is 0 Å². The average molecular weight is 441 g/mol. The Bertz CT molecular complexity index is 1140. The van der Waals surface area contributed by atoms with Gasteiger partial charge in [0.25, 0.3) is 11.8 Å². The van der Waals surface area contributed by atoms with Crippen LogP contribution < -0.4 is 15.5 Å². The van der Waals surface area contributed by atoms with E-state index in [-0.39, 0.29) is 16.8 Å². The van der Waals surface area contributed by atoms with Gasteiger partial charge in [-0.15, -0.1) is 13.2 Å². The van der Waals surface area contributed by atoms with Crippen LogP contribution in [0.3, 0.4) is 0 Å². The molecule has 0 atom stereocenters. The minimum absolute atomic E-state index is 0.0700. The largest absolute Gasteiger partial charge is 0.573 e. The van der Waals surface area contributed by atoms with Gasteiger partial charge in [-0.1, -0.05) is 48.0 Å². The van der Waals surface area contributed by atoms with Crippen molar-refractivity contribution in [1.82, 2.24) is 5.43 Å². The summed E-state index contributed by atoms with van der Waals surface area (Å²) in [5.41, 5.74) is 4.49. The normalized spacial score (nSPS) is 11.2. The number of benzene rings is 3. The third-order valence-corrected chi connectivity index (χ3v) is 4.21. The third-order valence-electron chi connectivity index (χ3n) is 4.21. The molecule has 3 rings (SSSR count). The SMILES string of the molecule is Cc1ccc(C=NNC(=O)c2ccccc2NC(=O)c2cccc(OC(F)(F)F)c2)cc1. The zero-order chi connectivity index (χ0) is 23.1. The zero-order valence-electron chi connectivity index (χ0n) is 16.8. The second-order valence-corrected chi connectivity index (χ2v) is 6.69. The number of aryl methyl sites for hydroxylation is 1. The van der Waals surface area contributed by atoms with Crippen LogP contribution in [0.4, 0.5) is 18.9 Å². The van der Waals surface area contributed by atoms with Gasteiger partial charge in [0.2, 0.25) is 0 Å². The lowest BCUT2D eigenvalue weighted by Gasteiger charge is -2.12. The van der Waals surface area contributed by atoms with Crippen molar-refractivity contribution in [2.45, 2.75) is 13.3 Å². The fourth-order valence-corrected chi connectivity index (χ4v) is 2.70. The predicted molar refractivity (Wildman–Crippen MR) is 114 cm³/mol. The number of para-hydroxylation sites is 1. The van der Waals surface area contributed by atoms with Gasteiger partial charge in [-0.2, -0.15) is 5.10 Å². The van der Waals surface area contributed by atoms with Crippen molar-refractivity contribution in [2.75, 3.05) is 5.32 Å². The van der Waals surface area contributed by atoms with Crippen LogP contribution in [0.25, 0.3) is 0 Å². The van der Waals surface area contributed by atoms with Crippen LogP contribution in [-0.2, 0) is 0 Å². The average Bonchev–Trinajstić information content (AvgIpc) is 2.74. The first-order valence-electron chi connectivity index (χ1n) is 9.37. The van der Waals surface area contributed by atoms with E-state index in [1.807, 2.05) is 31.2 Å². The quantitative estimate of drug-likeness (QED) is 0.421. The molecule has 3 aromatic carbocycles. The van der Waals surface area contributed by atoms with E-state index in [0.29, 0.717) is 0 Å². The molecule has 0 aliphatic carbocycles. The first-order chi connectivity index (χ1) is 15.2. The molecule has 3 aromatic rings. The first kappa shape index (κ1) is 22.5. The predicted octanol–water partition coefficient (Wildman–Crippen LogP) is 4.91. The van der Waals surface area contributed by atoms with Crippen molar-refractivity contribution in [2.24, 2.45) is 5.10 Å². The molecule has 0 spiro atoms. The number of nitrogens with zero attached hydrogens (tertiary/aromatic N) is 1. The van der Waals surface area contributed by atoms with E-state index in [9.17, 15) is 22.8 Å². The highest BCUT2D eigenvalue weighted by atomic mass is 19.4. The lowest BCUT2D eigenvalue weighted by atomic mass is 10.1. The topological polar surface area (TPSA) is 79.8 Å². The number of hydrogen-bond donors (Lipinski definition) is 2. The number of alkyl halides is 3. The van der Waals surface area contributed by atoms with Gasteiger partial charge in [-0.3, -0.25) is 9.59 Å². The van der Waals surface area contributed by atoms with Gasteiger partial charge in [0.15, 0.2) is 0 Å². The zero-order valence-corrected chi connectivity index (χ0v) is 16.8. The molecule has 0 bridgehead atoms. The minimum Gasteiger partial charge on any atom is -0.406 e. The molecule has 0 fully saturated rings. The van der Waals surface area contributed by atoms with E-state index in [2.05, 4.69) is 20.6 Å². The Balaban J connectivity index is 1.71. The molecule has 0 saturated heterocycles. The van der Waals surface area contributed by atoms with Gasteiger partial charge in [0, 0.05) is 5.56 Å². The Morgan fingerprint density at radius 1 is 0.938 bits per heavy atom. The molecule has 2 amide bonds. The Morgan fingerprint density at radius 3 is 2.38 bits per heavy atom. The molecular formula is C23H18F3N3O3. The molecule has 0 heterocycles. The summed E-state index contributed by atoms with van der Waals surface area (Å²) < 4.78 is 41.1. The molecule has 164 valence electrons. The third kappa shape index (κ3) is 6.43. The fourth-order valence-electron chi connectivity index (χ4n) is 2.70. The number of carbonyl (C=O) groups is 2. The smallest absolute Gasteiger partial charge is 0.406 e. The summed E-state index contributed by atoms with van der Waals surface area (Å²) in [5, 5.41) is 6.44. The Hall–Kier alpha value is -4.14. The van der Waals surface area contributed by atoms with Crippen molar-refractivity contribution in [1.29, 1.82) is 0 Å². The molecule has 0 aromatic heterocycles. The van der Waals surface area contributed by atoms with Crippen molar-refractivity contribution >= 4 is 23.7 Å². The monoisotopic (exact) mass is 441 g/mol. The number of hydrazone groups is 1. The van der Waals surface area contributed by atoms with Gasteiger partial charge in [0.1, 0.15) is 5.75 Å². The number of ether oxygens (including phenoxy) is 1. The van der Waals surface area contributed by atoms with E-state index >= 15 is 0 Å². The maximum atomic E-state index is 12.5. The Morgan fingerprint density at radius 2 is 1.66 bits per heavy atom. The number of hydrogen-bond acceptors (Lipinski definition) is 4. The summed E-state index contributed by atoms with van der Waals surface area (Å²) in [6, 6.07) is 18.3. The summed E-state index contributed by atoms with van der Waals surface area (Å²) in [6.07, 6.45) is -3.40. The summed E-state index contributed by atoms with van der Waals surface area (Å²) in [4.78, 5) is 25.0. The van der Waals surface area contributed by atoms with Crippen LogP contribution >= 0.6 is 0 Å². The molecular weight excluding hydrogens is 423 g/mol. The fraction of sp³-hybridized carbons (Fsp3) is 0.0870. The molecule has 0 aliphatic rings. The van der Waals surface area contributed by atoms with Crippen LogP contribution in [0.1, 0.15) is 31.8 Å². The molecule has 0 radical (unpaired) electrons. The van der Waals surface area contributed by atoms with Crippen molar-refractivity contribution in [3.8, 4) is 5.75 Å². The molecule has 0 unspecified atom stereocenters. The number of amides is 2. The standard InChI is InChI=1S/C23H18F3N3O3/c1-15-9-11-16(12-10-15)14-27-29-22(31)19-7-2-3-8-20(19)28-21(30)17-5-4-6-18(13-17)32-23(24,25)26/h2-14H,1H3,(H,28,30)(H,29,31). The number of nitrogens with one attached hydrogen (secondary N) is 2. The van der Waals surface area contributed by atoms with Gasteiger partial charge < -0.3 is 10.1 Å². The molecule has 32 heavy (non-hydrogen) atoms. The highest BCUT2D eigenvalue weighted by molar-refractivity contribution is 6.09. The maximum Gasteiger partial charge on any atom is 0.573 e. The Kier molecular flexibility index (Phi) is 6.89. The van der Waals surface area contributed by atoms with Gasteiger partial charge in [-0.05, 0) is 42.8 Å². The lowest BCUT2D eigenvalue weighted by molar-refractivity contribution is -0.274. The van der Waals surface area contributed by atoms with Gasteiger partial charge in [-0.25, -0.2) is 5.43 Å². The highest BCUT2D eigenvalue weighted by Crippen LogP contribution is 2.24. The minimum atomic E-state index is -4.88. The van der Waals surface area contributed by atoms with Crippen LogP contribution in [0.15, 0.2) is 77.9 Å². The Labute approximate surface area is 181 Å². The van der Waals surface area contributed by atoms with Crippen LogP contribution in [0.5, 0.6) is 5.75 Å². The van der Waals surface area contributed by atoms with Crippen molar-refractivity contribution in [3.05, 3.63) is 95.1 Å². The summed E-state index contributed by atoms with van der Waals surface area (Å²) in [5.74, 6) is -1.80. The molecule has 9 heteroatoms. The van der Waals surface area contributed by atoms with Crippen LogP contribution in [0.2, 0.25) is 0 Å². The second kappa shape index (κ2) is 9.78. The van der Waals surface area contributed by atoms with Gasteiger partial charge in [0.05, 0.1) is 17.5 Å². The highest BCUT2D eigenvalue weighted by Gasteiger charge is 2.31. The molecule has 0 aliphatic heterocycles. The molecule has 2 N–H and O–H groups in total. The summed E-state index contributed by atoms with van der Waals surface area (Å²) >= 11 is 0. The van der Waals surface area contributed by atoms with E-state index in [1.165, 1.54) is 30.5 Å². The maximum absolute atomic E-state index is 12.5.